The highest BCUT2D eigenvalue weighted by molar-refractivity contribution is 7.11. The summed E-state index contributed by atoms with van der Waals surface area (Å²) in [6, 6.07) is 15.2. The number of aryl methyl sites for hydroxylation is 2. The Labute approximate surface area is 161 Å². The van der Waals surface area contributed by atoms with Gasteiger partial charge in [-0.05, 0) is 49.7 Å². The van der Waals surface area contributed by atoms with Gasteiger partial charge in [-0.3, -0.25) is 4.79 Å². The van der Waals surface area contributed by atoms with Crippen molar-refractivity contribution in [1.82, 2.24) is 4.98 Å². The number of carbonyl (C=O) groups is 1. The van der Waals surface area contributed by atoms with Crippen LogP contribution in [0.25, 0.3) is 11.3 Å². The molecule has 1 aliphatic rings. The predicted octanol–water partition coefficient (Wildman–Crippen LogP) is 4.22. The van der Waals surface area contributed by atoms with Crippen molar-refractivity contribution in [2.75, 3.05) is 11.5 Å². The fourth-order valence-electron chi connectivity index (χ4n) is 3.19. The summed E-state index contributed by atoms with van der Waals surface area (Å²) in [6.45, 7) is 4.50. The number of hydrogen-bond donors (Lipinski definition) is 0. The van der Waals surface area contributed by atoms with E-state index in [4.69, 9.17) is 10.00 Å². The van der Waals surface area contributed by atoms with Crippen molar-refractivity contribution in [3.8, 4) is 23.1 Å². The minimum Gasteiger partial charge on any atom is -0.482 e. The zero-order valence-corrected chi connectivity index (χ0v) is 15.8. The van der Waals surface area contributed by atoms with E-state index in [1.807, 2.05) is 37.3 Å². The van der Waals surface area contributed by atoms with Gasteiger partial charge in [-0.15, -0.1) is 11.3 Å². The lowest BCUT2D eigenvalue weighted by Crippen LogP contribution is -2.38. The van der Waals surface area contributed by atoms with E-state index in [1.165, 1.54) is 0 Å². The van der Waals surface area contributed by atoms with E-state index >= 15 is 0 Å². The molecule has 2 heterocycles. The maximum atomic E-state index is 12.5. The lowest BCUT2D eigenvalue weighted by molar-refractivity contribution is -0.121. The van der Waals surface area contributed by atoms with E-state index in [2.05, 4.69) is 18.0 Å². The summed E-state index contributed by atoms with van der Waals surface area (Å²) < 4.78 is 5.61. The Hall–Kier alpha value is -3.17. The molecule has 0 bridgehead atoms. The van der Waals surface area contributed by atoms with Crippen molar-refractivity contribution in [2.24, 2.45) is 0 Å². The number of aromatic nitrogens is 1. The van der Waals surface area contributed by atoms with Crippen molar-refractivity contribution >= 4 is 22.9 Å². The molecular weight excluding hydrogens is 358 g/mol. The first-order valence-electron chi connectivity index (χ1n) is 8.56. The van der Waals surface area contributed by atoms with E-state index < -0.39 is 0 Å². The molecule has 1 amide bonds. The Bertz CT molecular complexity index is 1060. The number of rotatable bonds is 3. The zero-order valence-electron chi connectivity index (χ0n) is 15.0. The minimum absolute atomic E-state index is 0.0253. The molecular formula is C21H17N3O2S. The van der Waals surface area contributed by atoms with Gasteiger partial charge in [0.25, 0.3) is 5.91 Å². The first-order valence-corrected chi connectivity index (χ1v) is 9.37. The fraction of sp³-hybridized carbons (Fsp3) is 0.190. The normalized spacial score (nSPS) is 13.1. The van der Waals surface area contributed by atoms with Crippen molar-refractivity contribution in [1.29, 1.82) is 5.26 Å². The van der Waals surface area contributed by atoms with E-state index in [-0.39, 0.29) is 12.5 Å². The van der Waals surface area contributed by atoms with Crippen molar-refractivity contribution in [2.45, 2.75) is 20.4 Å². The van der Waals surface area contributed by atoms with Crippen molar-refractivity contribution in [3.63, 3.8) is 0 Å². The molecule has 1 aromatic heterocycles. The Morgan fingerprint density at radius 1 is 1.22 bits per heavy atom. The maximum absolute atomic E-state index is 12.5. The molecule has 5 nitrogen and oxygen atoms in total. The molecule has 0 saturated carbocycles. The number of thiazole rings is 1. The van der Waals surface area contributed by atoms with E-state index in [1.54, 1.807) is 28.4 Å². The third kappa shape index (κ3) is 3.29. The van der Waals surface area contributed by atoms with Gasteiger partial charge in [-0.25, -0.2) is 4.98 Å². The van der Waals surface area contributed by atoms with E-state index in [0.29, 0.717) is 17.9 Å². The van der Waals surface area contributed by atoms with Crippen LogP contribution in [0, 0.1) is 25.2 Å². The number of hydrogen-bond acceptors (Lipinski definition) is 5. The molecule has 134 valence electrons. The third-order valence-corrected chi connectivity index (χ3v) is 5.39. The molecule has 3 aromatic rings. The quantitative estimate of drug-likeness (QED) is 0.687. The zero-order chi connectivity index (χ0) is 19.0. The molecule has 0 fully saturated rings. The van der Waals surface area contributed by atoms with Crippen LogP contribution in [0.3, 0.4) is 0 Å². The molecule has 6 heteroatoms. The molecule has 0 atom stereocenters. The smallest absolute Gasteiger partial charge is 0.265 e. The molecule has 0 saturated heterocycles. The summed E-state index contributed by atoms with van der Waals surface area (Å²) in [7, 11) is 0. The second-order valence-electron chi connectivity index (χ2n) is 6.40. The van der Waals surface area contributed by atoms with Crippen molar-refractivity contribution in [3.05, 3.63) is 63.5 Å². The molecule has 2 aromatic carbocycles. The van der Waals surface area contributed by atoms with Crippen LogP contribution < -0.4 is 9.64 Å². The summed E-state index contributed by atoms with van der Waals surface area (Å²) in [5, 5.41) is 9.96. The monoisotopic (exact) mass is 375 g/mol. The van der Waals surface area contributed by atoms with Crippen LogP contribution in [0.15, 0.2) is 42.5 Å². The summed E-state index contributed by atoms with van der Waals surface area (Å²) in [4.78, 5) is 20.0. The molecule has 0 unspecified atom stereocenters. The van der Waals surface area contributed by atoms with Gasteiger partial charge in [0.1, 0.15) is 5.75 Å². The number of benzene rings is 2. The van der Waals surface area contributed by atoms with Crippen LogP contribution in [-0.2, 0) is 11.3 Å². The van der Waals surface area contributed by atoms with Gasteiger partial charge in [0.15, 0.2) is 6.61 Å². The standard InChI is InChI=1S/C21H17N3O2S/c1-13-21(23-14(2)27-13)17-7-8-19-18(9-17)24(20(25)12-26-19)11-16-5-3-15(10-22)4-6-16/h3-9H,11-12H2,1-2H3. The first kappa shape index (κ1) is 17.3. The van der Waals surface area contributed by atoms with Crippen LogP contribution in [0.2, 0.25) is 0 Å². The number of fused-ring (bicyclic) bond motifs is 1. The first-order chi connectivity index (χ1) is 13.0. The summed E-state index contributed by atoms with van der Waals surface area (Å²) in [6.07, 6.45) is 0. The fourth-order valence-corrected chi connectivity index (χ4v) is 4.03. The number of anilines is 1. The van der Waals surface area contributed by atoms with Gasteiger partial charge in [0, 0.05) is 10.4 Å². The van der Waals surface area contributed by atoms with E-state index in [0.717, 1.165) is 32.4 Å². The number of carbonyl (C=O) groups excluding carboxylic acids is 1. The molecule has 0 radical (unpaired) electrons. The second kappa shape index (κ2) is 6.86. The van der Waals surface area contributed by atoms with Gasteiger partial charge in [-0.1, -0.05) is 12.1 Å². The summed E-state index contributed by atoms with van der Waals surface area (Å²) >= 11 is 1.66. The molecule has 0 aliphatic carbocycles. The lowest BCUT2D eigenvalue weighted by atomic mass is 10.1. The average molecular weight is 375 g/mol. The minimum atomic E-state index is -0.0878. The van der Waals surface area contributed by atoms with Crippen LogP contribution in [0.5, 0.6) is 5.75 Å². The molecule has 0 spiro atoms. The van der Waals surface area contributed by atoms with Gasteiger partial charge in [-0.2, -0.15) is 5.26 Å². The molecule has 0 N–H and O–H groups in total. The lowest BCUT2D eigenvalue weighted by Gasteiger charge is -2.30. The van der Waals surface area contributed by atoms with Crippen molar-refractivity contribution < 1.29 is 9.53 Å². The highest BCUT2D eigenvalue weighted by Gasteiger charge is 2.26. The number of ether oxygens (including phenoxy) is 1. The predicted molar refractivity (Wildman–Crippen MR) is 105 cm³/mol. The second-order valence-corrected chi connectivity index (χ2v) is 7.80. The highest BCUT2D eigenvalue weighted by atomic mass is 32.1. The number of nitrogens with zero attached hydrogens (tertiary/aromatic N) is 3. The SMILES string of the molecule is Cc1nc(-c2ccc3c(c2)N(Cc2ccc(C#N)cc2)C(=O)CO3)c(C)s1. The highest BCUT2D eigenvalue weighted by Crippen LogP contribution is 2.38. The van der Waals surface area contributed by atoms with Gasteiger partial charge >= 0.3 is 0 Å². The Balaban J connectivity index is 1.72. The van der Waals surface area contributed by atoms with Gasteiger partial charge in [0.05, 0.1) is 34.6 Å². The summed E-state index contributed by atoms with van der Waals surface area (Å²) in [5.74, 6) is 0.604. The van der Waals surface area contributed by atoms with Gasteiger partial charge < -0.3 is 9.64 Å². The Kier molecular flexibility index (Phi) is 4.38. The van der Waals surface area contributed by atoms with Crippen LogP contribution >= 0.6 is 11.3 Å². The number of nitriles is 1. The third-order valence-electron chi connectivity index (χ3n) is 4.50. The average Bonchev–Trinajstić information content (AvgIpc) is 3.02. The van der Waals surface area contributed by atoms with Gasteiger partial charge in [0.2, 0.25) is 0 Å². The molecule has 4 rings (SSSR count). The van der Waals surface area contributed by atoms with Crippen LogP contribution in [0.4, 0.5) is 5.69 Å². The number of amides is 1. The Morgan fingerprint density at radius 2 is 2.00 bits per heavy atom. The van der Waals surface area contributed by atoms with Crippen LogP contribution in [0.1, 0.15) is 21.0 Å². The van der Waals surface area contributed by atoms with E-state index in [9.17, 15) is 4.79 Å². The topological polar surface area (TPSA) is 66.2 Å². The summed E-state index contributed by atoms with van der Waals surface area (Å²) in [5.41, 5.74) is 4.22. The largest absolute Gasteiger partial charge is 0.482 e. The maximum Gasteiger partial charge on any atom is 0.265 e. The van der Waals surface area contributed by atoms with Crippen LogP contribution in [-0.4, -0.2) is 17.5 Å². The molecule has 1 aliphatic heterocycles. The molecule has 27 heavy (non-hydrogen) atoms. The Morgan fingerprint density at radius 3 is 2.67 bits per heavy atom.